The summed E-state index contributed by atoms with van der Waals surface area (Å²) in [7, 11) is 0. The normalized spacial score (nSPS) is 15.6. The fourth-order valence-corrected chi connectivity index (χ4v) is 2.33. The van der Waals surface area contributed by atoms with Gasteiger partial charge in [0.05, 0.1) is 4.70 Å². The topological polar surface area (TPSA) is 25.8 Å². The minimum absolute atomic E-state index is 1.02. The Labute approximate surface area is 86.4 Å². The zero-order valence-corrected chi connectivity index (χ0v) is 8.55. The zero-order valence-electron chi connectivity index (χ0n) is 7.73. The van der Waals surface area contributed by atoms with Crippen molar-refractivity contribution in [3.8, 4) is 0 Å². The van der Waals surface area contributed by atoms with Crippen LogP contribution < -0.4 is 0 Å². The molecule has 0 atom stereocenters. The molecule has 70 valence electrons. The lowest BCUT2D eigenvalue weighted by Gasteiger charge is -2.15. The smallest absolute Gasteiger partial charge is 0.106 e. The monoisotopic (exact) mass is 202 g/mol. The van der Waals surface area contributed by atoms with Crippen LogP contribution in [-0.4, -0.2) is 9.59 Å². The second kappa shape index (κ2) is 3.17. The number of benzene rings is 1. The van der Waals surface area contributed by atoms with Crippen molar-refractivity contribution in [2.75, 3.05) is 0 Å². The molecule has 0 aliphatic heterocycles. The van der Waals surface area contributed by atoms with Gasteiger partial charge in [0.25, 0.3) is 0 Å². The molecule has 0 saturated heterocycles. The molecule has 0 spiro atoms. The molecule has 1 aromatic heterocycles. The van der Waals surface area contributed by atoms with E-state index in [0.717, 1.165) is 5.52 Å². The summed E-state index contributed by atoms with van der Waals surface area (Å²) in [5, 5.41) is 4.07. The third-order valence-electron chi connectivity index (χ3n) is 2.66. The number of fused-ring (bicyclic) bond motifs is 1. The fraction of sp³-hybridized carbons (Fsp3) is 0.273. The molecule has 1 aliphatic rings. The van der Waals surface area contributed by atoms with Crippen LogP contribution in [0, 0.1) is 0 Å². The van der Waals surface area contributed by atoms with Crippen molar-refractivity contribution in [1.29, 1.82) is 0 Å². The van der Waals surface area contributed by atoms with Gasteiger partial charge in [-0.3, -0.25) is 0 Å². The average Bonchev–Trinajstić information content (AvgIpc) is 2.59. The van der Waals surface area contributed by atoms with E-state index in [0.29, 0.717) is 0 Å². The number of allylic oxidation sites excluding steroid dienone is 1. The van der Waals surface area contributed by atoms with Crippen molar-refractivity contribution >= 4 is 27.8 Å². The van der Waals surface area contributed by atoms with Crippen LogP contribution in [0.1, 0.15) is 24.8 Å². The van der Waals surface area contributed by atoms with E-state index in [4.69, 9.17) is 0 Å². The Hall–Kier alpha value is -1.22. The zero-order chi connectivity index (χ0) is 9.38. The minimum atomic E-state index is 1.02. The summed E-state index contributed by atoms with van der Waals surface area (Å²) in [4.78, 5) is 0. The lowest BCUT2D eigenvalue weighted by molar-refractivity contribution is 0.670. The third-order valence-corrected chi connectivity index (χ3v) is 3.45. The lowest BCUT2D eigenvalue weighted by atomic mass is 9.91. The van der Waals surface area contributed by atoms with E-state index in [-0.39, 0.29) is 0 Å². The predicted octanol–water partition coefficient (Wildman–Crippen LogP) is 3.26. The second-order valence-electron chi connectivity index (χ2n) is 3.62. The predicted molar refractivity (Wildman–Crippen MR) is 59.2 cm³/mol. The Bertz CT molecular complexity index is 493. The molecule has 2 nitrogen and oxygen atoms in total. The highest BCUT2D eigenvalue weighted by atomic mass is 32.1. The van der Waals surface area contributed by atoms with Crippen molar-refractivity contribution in [3.05, 3.63) is 29.3 Å². The van der Waals surface area contributed by atoms with Crippen LogP contribution in [0.5, 0.6) is 0 Å². The van der Waals surface area contributed by atoms with Crippen molar-refractivity contribution in [2.45, 2.75) is 19.3 Å². The molecule has 0 bridgehead atoms. The molecule has 1 aliphatic carbocycles. The summed E-state index contributed by atoms with van der Waals surface area (Å²) in [5.74, 6) is 0. The molecular formula is C11H10N2S. The van der Waals surface area contributed by atoms with Crippen LogP contribution in [0.4, 0.5) is 0 Å². The van der Waals surface area contributed by atoms with Gasteiger partial charge >= 0.3 is 0 Å². The number of rotatable bonds is 1. The van der Waals surface area contributed by atoms with E-state index < -0.39 is 0 Å². The Kier molecular flexibility index (Phi) is 1.84. The molecule has 1 fully saturated rings. The highest BCUT2D eigenvalue weighted by molar-refractivity contribution is 7.13. The van der Waals surface area contributed by atoms with Gasteiger partial charge < -0.3 is 0 Å². The first-order valence-corrected chi connectivity index (χ1v) is 5.61. The molecule has 1 aromatic carbocycles. The summed E-state index contributed by atoms with van der Waals surface area (Å²) < 4.78 is 5.19. The molecule has 14 heavy (non-hydrogen) atoms. The third kappa shape index (κ3) is 1.24. The van der Waals surface area contributed by atoms with Gasteiger partial charge in [0.2, 0.25) is 0 Å². The molecule has 0 unspecified atom stereocenters. The molecule has 0 amide bonds. The summed E-state index contributed by atoms with van der Waals surface area (Å²) in [6, 6.07) is 6.21. The van der Waals surface area contributed by atoms with Gasteiger partial charge in [-0.2, -0.15) is 0 Å². The maximum Gasteiger partial charge on any atom is 0.106 e. The van der Waals surface area contributed by atoms with Gasteiger partial charge in [0, 0.05) is 0 Å². The van der Waals surface area contributed by atoms with Gasteiger partial charge in [-0.05, 0) is 42.4 Å². The molecule has 1 heterocycles. The molecule has 2 aromatic rings. The first-order valence-electron chi connectivity index (χ1n) is 4.84. The molecule has 0 N–H and O–H groups in total. The lowest BCUT2D eigenvalue weighted by Crippen LogP contribution is -1.95. The van der Waals surface area contributed by atoms with E-state index in [1.54, 1.807) is 5.57 Å². The van der Waals surface area contributed by atoms with Crippen LogP contribution in [0.15, 0.2) is 23.8 Å². The first kappa shape index (κ1) is 8.12. The van der Waals surface area contributed by atoms with Crippen molar-refractivity contribution in [2.24, 2.45) is 0 Å². The highest BCUT2D eigenvalue weighted by Gasteiger charge is 2.09. The van der Waals surface area contributed by atoms with Crippen molar-refractivity contribution in [1.82, 2.24) is 9.59 Å². The van der Waals surface area contributed by atoms with Crippen LogP contribution in [0.2, 0.25) is 0 Å². The quantitative estimate of drug-likeness (QED) is 0.709. The van der Waals surface area contributed by atoms with Crippen molar-refractivity contribution in [3.63, 3.8) is 0 Å². The Balaban J connectivity index is 2.15. The summed E-state index contributed by atoms with van der Waals surface area (Å²) in [5.41, 5.74) is 3.86. The van der Waals surface area contributed by atoms with E-state index in [1.807, 2.05) is 6.07 Å². The number of aromatic nitrogens is 2. The maximum absolute atomic E-state index is 4.07. The van der Waals surface area contributed by atoms with Gasteiger partial charge in [-0.15, -0.1) is 5.10 Å². The Morgan fingerprint density at radius 1 is 1.29 bits per heavy atom. The molecule has 3 heteroatoms. The largest absolute Gasteiger partial charge is 0.138 e. The average molecular weight is 202 g/mol. The standard InChI is InChI=1S/C11H10N2S/c1-3-8(4-1)7-9-5-2-6-10-11(9)14-13-12-10/h2,5-7H,1,3-4H2. The molecule has 1 saturated carbocycles. The van der Waals surface area contributed by atoms with Crippen molar-refractivity contribution < 1.29 is 0 Å². The number of nitrogens with zero attached hydrogens (tertiary/aromatic N) is 2. The van der Waals surface area contributed by atoms with E-state index in [2.05, 4.69) is 27.8 Å². The molecular weight excluding hydrogens is 192 g/mol. The maximum atomic E-state index is 4.07. The first-order chi connectivity index (χ1) is 6.93. The Morgan fingerprint density at radius 3 is 3.00 bits per heavy atom. The van der Waals surface area contributed by atoms with E-state index in [9.17, 15) is 0 Å². The number of hydrogen-bond donors (Lipinski definition) is 0. The highest BCUT2D eigenvalue weighted by Crippen LogP contribution is 2.30. The SMILES string of the molecule is C(=C1CCC1)c1cccc2nnsc12. The number of hydrogen-bond acceptors (Lipinski definition) is 3. The summed E-state index contributed by atoms with van der Waals surface area (Å²) >= 11 is 1.48. The minimum Gasteiger partial charge on any atom is -0.138 e. The summed E-state index contributed by atoms with van der Waals surface area (Å²) in [6.45, 7) is 0. The van der Waals surface area contributed by atoms with Crippen LogP contribution in [0.3, 0.4) is 0 Å². The van der Waals surface area contributed by atoms with Gasteiger partial charge in [-0.1, -0.05) is 28.3 Å². The van der Waals surface area contributed by atoms with Crippen LogP contribution >= 0.6 is 11.5 Å². The van der Waals surface area contributed by atoms with Crippen LogP contribution in [-0.2, 0) is 0 Å². The van der Waals surface area contributed by atoms with E-state index in [1.165, 1.54) is 41.1 Å². The Morgan fingerprint density at radius 2 is 2.21 bits per heavy atom. The van der Waals surface area contributed by atoms with Crippen LogP contribution in [0.25, 0.3) is 16.3 Å². The van der Waals surface area contributed by atoms with Gasteiger partial charge in [0.15, 0.2) is 0 Å². The van der Waals surface area contributed by atoms with Gasteiger partial charge in [0.1, 0.15) is 5.52 Å². The van der Waals surface area contributed by atoms with Gasteiger partial charge in [-0.25, -0.2) is 0 Å². The van der Waals surface area contributed by atoms with E-state index >= 15 is 0 Å². The molecule has 0 radical (unpaired) electrons. The fourth-order valence-electron chi connectivity index (χ4n) is 1.68. The molecule has 3 rings (SSSR count). The second-order valence-corrected chi connectivity index (χ2v) is 4.38. The summed E-state index contributed by atoms with van der Waals surface area (Å²) in [6.07, 6.45) is 6.18.